The Kier molecular flexibility index (Phi) is 3.12. The minimum absolute atomic E-state index is 0.128. The molecular weight excluding hydrogens is 238 g/mol. The van der Waals surface area contributed by atoms with Crippen LogP contribution in [0.3, 0.4) is 0 Å². The molecule has 1 aromatic heterocycles. The highest BCUT2D eigenvalue weighted by Gasteiger charge is 2.22. The molecule has 0 atom stereocenters. The zero-order valence-corrected chi connectivity index (χ0v) is 11.0. The summed E-state index contributed by atoms with van der Waals surface area (Å²) in [6, 6.07) is 1.89. The van der Waals surface area contributed by atoms with Crippen LogP contribution >= 0.6 is 0 Å². The smallest absolute Gasteiger partial charge is 0.164 e. The van der Waals surface area contributed by atoms with Crippen molar-refractivity contribution in [3.05, 3.63) is 23.0 Å². The van der Waals surface area contributed by atoms with E-state index in [-0.39, 0.29) is 11.5 Å². The zero-order chi connectivity index (χ0) is 12.6. The van der Waals surface area contributed by atoms with Crippen molar-refractivity contribution in [2.24, 2.45) is 0 Å². The van der Waals surface area contributed by atoms with Crippen LogP contribution in [0.5, 0.6) is 0 Å². The van der Waals surface area contributed by atoms with Crippen molar-refractivity contribution in [2.45, 2.75) is 32.7 Å². The Morgan fingerprint density at radius 1 is 1.35 bits per heavy atom. The number of hydrogen-bond donors (Lipinski definition) is 0. The monoisotopic (exact) mass is 255 g/mol. The largest absolute Gasteiger partial charge is 0.347 e. The van der Waals surface area contributed by atoms with E-state index in [1.54, 1.807) is 0 Å². The minimum Gasteiger partial charge on any atom is -0.347 e. The first-order chi connectivity index (χ1) is 7.88. The van der Waals surface area contributed by atoms with Gasteiger partial charge in [0.25, 0.3) is 0 Å². The van der Waals surface area contributed by atoms with Crippen LogP contribution in [0.4, 0.5) is 0 Å². The molecule has 1 aliphatic carbocycles. The van der Waals surface area contributed by atoms with Crippen molar-refractivity contribution in [3.63, 3.8) is 0 Å². The van der Waals surface area contributed by atoms with E-state index in [2.05, 4.69) is 0 Å². The number of fused-ring (bicyclic) bond motifs is 1. The molecule has 5 heteroatoms. The molecule has 94 valence electrons. The molecule has 17 heavy (non-hydrogen) atoms. The highest BCUT2D eigenvalue weighted by molar-refractivity contribution is 7.90. The van der Waals surface area contributed by atoms with Crippen LogP contribution in [0.2, 0.25) is 0 Å². The van der Waals surface area contributed by atoms with Crippen molar-refractivity contribution in [2.75, 3.05) is 12.0 Å². The fourth-order valence-corrected chi connectivity index (χ4v) is 2.87. The summed E-state index contributed by atoms with van der Waals surface area (Å²) in [4.78, 5) is 11.7. The molecule has 0 unspecified atom stereocenters. The summed E-state index contributed by atoms with van der Waals surface area (Å²) in [5, 5.41) is 0. The van der Waals surface area contributed by atoms with Crippen LogP contribution in [0, 0.1) is 6.92 Å². The third-order valence-electron chi connectivity index (χ3n) is 3.22. The normalized spacial score (nSPS) is 16.0. The number of Topliss-reactive ketones (excluding diaryl/α,β-unsaturated/α-hetero) is 1. The van der Waals surface area contributed by atoms with Gasteiger partial charge in [0.05, 0.1) is 5.75 Å². The Morgan fingerprint density at radius 2 is 2.06 bits per heavy atom. The highest BCUT2D eigenvalue weighted by atomic mass is 32.2. The van der Waals surface area contributed by atoms with E-state index < -0.39 is 9.84 Å². The zero-order valence-electron chi connectivity index (χ0n) is 10.2. The van der Waals surface area contributed by atoms with E-state index in [9.17, 15) is 13.2 Å². The molecule has 1 aliphatic rings. The van der Waals surface area contributed by atoms with Crippen molar-refractivity contribution in [1.82, 2.24) is 4.57 Å². The molecule has 2 rings (SSSR count). The number of hydrogen-bond acceptors (Lipinski definition) is 3. The Hall–Kier alpha value is -1.10. The Labute approximate surface area is 102 Å². The van der Waals surface area contributed by atoms with Gasteiger partial charge in [0.1, 0.15) is 9.84 Å². The van der Waals surface area contributed by atoms with E-state index in [1.807, 2.05) is 17.6 Å². The molecule has 0 saturated heterocycles. The van der Waals surface area contributed by atoms with Gasteiger partial charge in [0.2, 0.25) is 0 Å². The van der Waals surface area contributed by atoms with Crippen LogP contribution in [0.25, 0.3) is 0 Å². The average Bonchev–Trinajstić information content (AvgIpc) is 2.52. The Balaban J connectivity index is 2.32. The Bertz CT molecular complexity index is 555. The number of aromatic nitrogens is 1. The first-order valence-corrected chi connectivity index (χ1v) is 7.84. The second-order valence-electron chi connectivity index (χ2n) is 4.70. The molecular formula is C12H17NO3S. The molecule has 0 spiro atoms. The summed E-state index contributed by atoms with van der Waals surface area (Å²) < 4.78 is 24.4. The van der Waals surface area contributed by atoms with Crippen LogP contribution < -0.4 is 0 Å². The standard InChI is InChI=1S/C12H17NO3S/c1-9-8-10-11(4-3-5-12(10)14)13(9)6-7-17(2,15)16/h8H,3-7H2,1-2H3. The molecule has 0 bridgehead atoms. The molecule has 0 fully saturated rings. The minimum atomic E-state index is -2.96. The van der Waals surface area contributed by atoms with E-state index in [0.717, 1.165) is 29.8 Å². The maximum atomic E-state index is 11.7. The van der Waals surface area contributed by atoms with Crippen LogP contribution in [0.1, 0.15) is 34.6 Å². The summed E-state index contributed by atoms with van der Waals surface area (Å²) in [7, 11) is -2.96. The summed E-state index contributed by atoms with van der Waals surface area (Å²) in [6.07, 6.45) is 3.60. The number of aryl methyl sites for hydroxylation is 1. The summed E-state index contributed by atoms with van der Waals surface area (Å²) >= 11 is 0. The molecule has 0 amide bonds. The van der Waals surface area contributed by atoms with Crippen LogP contribution in [-0.4, -0.2) is 30.8 Å². The highest BCUT2D eigenvalue weighted by Crippen LogP contribution is 2.24. The second-order valence-corrected chi connectivity index (χ2v) is 6.96. The topological polar surface area (TPSA) is 56.1 Å². The van der Waals surface area contributed by atoms with Gasteiger partial charge < -0.3 is 4.57 Å². The number of nitrogens with zero attached hydrogens (tertiary/aromatic N) is 1. The molecule has 0 saturated carbocycles. The van der Waals surface area contributed by atoms with Crippen molar-refractivity contribution in [1.29, 1.82) is 0 Å². The first kappa shape index (κ1) is 12.4. The van der Waals surface area contributed by atoms with Gasteiger partial charge >= 0.3 is 0 Å². The third-order valence-corrected chi connectivity index (χ3v) is 4.14. The van der Waals surface area contributed by atoms with Gasteiger partial charge in [0.15, 0.2) is 5.78 Å². The molecule has 0 radical (unpaired) electrons. The molecule has 0 N–H and O–H groups in total. The van der Waals surface area contributed by atoms with Gasteiger partial charge in [0, 0.05) is 36.2 Å². The summed E-state index contributed by atoms with van der Waals surface area (Å²) in [6.45, 7) is 2.38. The SMILES string of the molecule is Cc1cc2c(n1CCS(C)(=O)=O)CCCC2=O. The maximum absolute atomic E-state index is 11.7. The van der Waals surface area contributed by atoms with E-state index in [4.69, 9.17) is 0 Å². The predicted molar refractivity (Wildman–Crippen MR) is 66.1 cm³/mol. The van der Waals surface area contributed by atoms with Gasteiger partial charge in [-0.3, -0.25) is 4.79 Å². The molecule has 1 aromatic rings. The van der Waals surface area contributed by atoms with E-state index in [1.165, 1.54) is 6.26 Å². The lowest BCUT2D eigenvalue weighted by Gasteiger charge is -2.15. The van der Waals surface area contributed by atoms with Gasteiger partial charge in [-0.15, -0.1) is 0 Å². The quantitative estimate of drug-likeness (QED) is 0.819. The molecule has 1 heterocycles. The van der Waals surface area contributed by atoms with Crippen molar-refractivity contribution in [3.8, 4) is 0 Å². The number of ketones is 1. The maximum Gasteiger partial charge on any atom is 0.164 e. The molecule has 0 aromatic carbocycles. The van der Waals surface area contributed by atoms with Gasteiger partial charge in [-0.2, -0.15) is 0 Å². The predicted octanol–water partition coefficient (Wildman–Crippen LogP) is 1.36. The molecule has 0 aliphatic heterocycles. The van der Waals surface area contributed by atoms with Crippen molar-refractivity contribution >= 4 is 15.6 Å². The number of rotatable bonds is 3. The van der Waals surface area contributed by atoms with Crippen LogP contribution in [-0.2, 0) is 22.8 Å². The van der Waals surface area contributed by atoms with Gasteiger partial charge in [-0.1, -0.05) is 0 Å². The lowest BCUT2D eigenvalue weighted by molar-refractivity contribution is 0.0972. The summed E-state index contributed by atoms with van der Waals surface area (Å²) in [5.74, 6) is 0.316. The lowest BCUT2D eigenvalue weighted by Crippen LogP contribution is -2.17. The lowest BCUT2D eigenvalue weighted by atomic mass is 9.97. The van der Waals surface area contributed by atoms with E-state index >= 15 is 0 Å². The summed E-state index contributed by atoms with van der Waals surface area (Å²) in [5.41, 5.74) is 2.79. The number of carbonyl (C=O) groups is 1. The fourth-order valence-electron chi connectivity index (χ4n) is 2.36. The number of sulfone groups is 1. The van der Waals surface area contributed by atoms with Crippen LogP contribution in [0.15, 0.2) is 6.07 Å². The van der Waals surface area contributed by atoms with Crippen molar-refractivity contribution < 1.29 is 13.2 Å². The fraction of sp³-hybridized carbons (Fsp3) is 0.583. The molecule has 4 nitrogen and oxygen atoms in total. The number of carbonyl (C=O) groups excluding carboxylic acids is 1. The second kappa shape index (κ2) is 4.29. The third kappa shape index (κ3) is 2.60. The first-order valence-electron chi connectivity index (χ1n) is 5.78. The Morgan fingerprint density at radius 3 is 2.71 bits per heavy atom. The van der Waals surface area contributed by atoms with Gasteiger partial charge in [-0.25, -0.2) is 8.42 Å². The van der Waals surface area contributed by atoms with Gasteiger partial charge in [-0.05, 0) is 25.8 Å². The average molecular weight is 255 g/mol. The van der Waals surface area contributed by atoms with E-state index in [0.29, 0.717) is 13.0 Å².